The molecule has 0 saturated carbocycles. The molecule has 8 nitrogen and oxygen atoms in total. The fourth-order valence-corrected chi connectivity index (χ4v) is 4.34. The molecule has 1 aromatic heterocycles. The first-order valence-electron chi connectivity index (χ1n) is 10.5. The maximum absolute atomic E-state index is 12.6. The van der Waals surface area contributed by atoms with E-state index in [9.17, 15) is 28.1 Å². The van der Waals surface area contributed by atoms with Crippen LogP contribution in [-0.2, 0) is 4.79 Å². The highest BCUT2D eigenvalue weighted by molar-refractivity contribution is 7.99. The minimum Gasteiger partial charge on any atom is -0.406 e. The van der Waals surface area contributed by atoms with Gasteiger partial charge >= 0.3 is 6.36 Å². The predicted molar refractivity (Wildman–Crippen MR) is 133 cm³/mol. The smallest absolute Gasteiger partial charge is 0.406 e. The van der Waals surface area contributed by atoms with Crippen molar-refractivity contribution in [3.05, 3.63) is 94.1 Å². The van der Waals surface area contributed by atoms with Crippen molar-refractivity contribution in [1.29, 1.82) is 0 Å². The van der Waals surface area contributed by atoms with Crippen LogP contribution in [0, 0.1) is 10.1 Å². The van der Waals surface area contributed by atoms with Crippen molar-refractivity contribution in [3.63, 3.8) is 0 Å². The molecule has 0 aliphatic rings. The number of nitro groups is 1. The van der Waals surface area contributed by atoms with Crippen molar-refractivity contribution in [3.8, 4) is 22.7 Å². The molecule has 0 aliphatic heterocycles. The molecule has 1 heterocycles. The van der Waals surface area contributed by atoms with Crippen LogP contribution in [0.4, 0.5) is 24.5 Å². The molecule has 1 N–H and O–H groups in total. The number of nitro benzene ring substituents is 1. The summed E-state index contributed by atoms with van der Waals surface area (Å²) in [6.07, 6.45) is -3.38. The van der Waals surface area contributed by atoms with Gasteiger partial charge in [0.1, 0.15) is 5.75 Å². The number of anilines is 1. The summed E-state index contributed by atoms with van der Waals surface area (Å²) in [6, 6.07) is 17.5. The number of benzene rings is 3. The average Bonchev–Trinajstić information content (AvgIpc) is 3.26. The molecular weight excluding hydrogens is 533 g/mol. The van der Waals surface area contributed by atoms with E-state index in [1.807, 2.05) is 0 Å². The van der Waals surface area contributed by atoms with E-state index < -0.39 is 17.0 Å². The normalized spacial score (nSPS) is 11.2. The molecule has 0 bridgehead atoms. The van der Waals surface area contributed by atoms with Crippen LogP contribution in [0.2, 0.25) is 5.02 Å². The zero-order valence-electron chi connectivity index (χ0n) is 18.6. The Balaban J connectivity index is 1.65. The zero-order valence-corrected chi connectivity index (χ0v) is 20.2. The highest BCUT2D eigenvalue weighted by atomic mass is 35.5. The molecule has 0 atom stereocenters. The SMILES string of the molecule is O=C(CSc1ncc(-c2cccc([N+](=O)[O-])c2)n1-c1ccc(OC(F)(F)F)cc1)Nc1cccc(Cl)c1. The third kappa shape index (κ3) is 6.80. The molecule has 37 heavy (non-hydrogen) atoms. The zero-order chi connectivity index (χ0) is 26.6. The minimum absolute atomic E-state index is 0.0484. The second-order valence-corrected chi connectivity index (χ2v) is 8.84. The molecule has 3 aromatic carbocycles. The molecular formula is C24H16ClF3N4O4S. The van der Waals surface area contributed by atoms with Crippen molar-refractivity contribution < 1.29 is 27.6 Å². The molecule has 4 aromatic rings. The second-order valence-electron chi connectivity index (χ2n) is 7.46. The Morgan fingerprint density at radius 1 is 1.11 bits per heavy atom. The number of carbonyl (C=O) groups excluding carboxylic acids is 1. The number of hydrogen-bond donors (Lipinski definition) is 1. The van der Waals surface area contributed by atoms with Gasteiger partial charge in [-0.15, -0.1) is 13.2 Å². The third-order valence-electron chi connectivity index (χ3n) is 4.85. The van der Waals surface area contributed by atoms with Crippen molar-refractivity contribution in [2.24, 2.45) is 0 Å². The van der Waals surface area contributed by atoms with E-state index in [1.54, 1.807) is 34.9 Å². The molecule has 0 fully saturated rings. The molecule has 0 unspecified atom stereocenters. The summed E-state index contributed by atoms with van der Waals surface area (Å²) >= 11 is 7.02. The number of carbonyl (C=O) groups is 1. The number of alkyl halides is 3. The fourth-order valence-electron chi connectivity index (χ4n) is 3.36. The molecule has 190 valence electrons. The lowest BCUT2D eigenvalue weighted by atomic mass is 10.1. The number of ether oxygens (including phenoxy) is 1. The van der Waals surface area contributed by atoms with Gasteiger partial charge < -0.3 is 10.1 Å². The average molecular weight is 549 g/mol. The maximum atomic E-state index is 12.6. The molecule has 0 aliphatic carbocycles. The highest BCUT2D eigenvalue weighted by Gasteiger charge is 2.31. The van der Waals surface area contributed by atoms with E-state index in [0.29, 0.717) is 32.8 Å². The summed E-state index contributed by atoms with van der Waals surface area (Å²) < 4.78 is 43.3. The number of halogens is 4. The van der Waals surface area contributed by atoms with Crippen LogP contribution >= 0.6 is 23.4 Å². The monoisotopic (exact) mass is 548 g/mol. The topological polar surface area (TPSA) is 99.3 Å². The largest absolute Gasteiger partial charge is 0.573 e. The number of amides is 1. The molecule has 0 spiro atoms. The quantitative estimate of drug-likeness (QED) is 0.149. The standard InChI is InChI=1S/C24H16ClF3N4O4S/c25-16-4-2-5-17(12-16)30-22(33)14-37-23-29-13-21(15-3-1-6-19(11-15)32(34)35)31(23)18-7-9-20(10-8-18)36-24(26,27)28/h1-13H,14H2,(H,30,33). The Labute approximate surface area is 217 Å². The van der Waals surface area contributed by atoms with E-state index in [-0.39, 0.29) is 17.3 Å². The van der Waals surface area contributed by atoms with Gasteiger partial charge in [-0.2, -0.15) is 0 Å². The number of nitrogens with zero attached hydrogens (tertiary/aromatic N) is 3. The number of nitrogens with one attached hydrogen (secondary N) is 1. The van der Waals surface area contributed by atoms with Gasteiger partial charge in [0.2, 0.25) is 5.91 Å². The van der Waals surface area contributed by atoms with Crippen molar-refractivity contribution in [2.75, 3.05) is 11.1 Å². The van der Waals surface area contributed by atoms with Crippen LogP contribution in [0.5, 0.6) is 5.75 Å². The summed E-state index contributed by atoms with van der Waals surface area (Å²) in [7, 11) is 0. The van der Waals surface area contributed by atoms with Crippen LogP contribution in [0.25, 0.3) is 16.9 Å². The lowest BCUT2D eigenvalue weighted by Gasteiger charge is -2.14. The highest BCUT2D eigenvalue weighted by Crippen LogP contribution is 2.33. The Hall–Kier alpha value is -4.03. The van der Waals surface area contributed by atoms with E-state index >= 15 is 0 Å². The summed E-state index contributed by atoms with van der Waals surface area (Å²) in [5.41, 5.74) is 1.66. The van der Waals surface area contributed by atoms with E-state index in [2.05, 4.69) is 15.0 Å². The van der Waals surface area contributed by atoms with E-state index in [0.717, 1.165) is 23.9 Å². The Bertz CT molecular complexity index is 1440. The summed E-state index contributed by atoms with van der Waals surface area (Å²) in [4.78, 5) is 27.6. The van der Waals surface area contributed by atoms with Gasteiger partial charge in [0, 0.05) is 34.1 Å². The maximum Gasteiger partial charge on any atom is 0.573 e. The molecule has 0 saturated heterocycles. The van der Waals surface area contributed by atoms with Gasteiger partial charge in [0.05, 0.1) is 22.6 Å². The van der Waals surface area contributed by atoms with Gasteiger partial charge in [-0.25, -0.2) is 4.98 Å². The van der Waals surface area contributed by atoms with Crippen molar-refractivity contribution in [2.45, 2.75) is 11.5 Å². The number of imidazole rings is 1. The number of non-ortho nitro benzene ring substituents is 1. The van der Waals surface area contributed by atoms with Gasteiger partial charge in [-0.3, -0.25) is 19.5 Å². The number of aromatic nitrogens is 2. The number of hydrogen-bond acceptors (Lipinski definition) is 6. The van der Waals surface area contributed by atoms with Crippen LogP contribution in [0.1, 0.15) is 0 Å². The molecule has 1 amide bonds. The van der Waals surface area contributed by atoms with Crippen molar-refractivity contribution >= 4 is 40.6 Å². The second kappa shape index (κ2) is 10.9. The molecule has 13 heteroatoms. The summed E-state index contributed by atoms with van der Waals surface area (Å²) in [5, 5.41) is 14.8. The van der Waals surface area contributed by atoms with Gasteiger partial charge in [-0.1, -0.05) is 41.6 Å². The van der Waals surface area contributed by atoms with E-state index in [4.69, 9.17) is 11.6 Å². The lowest BCUT2D eigenvalue weighted by Crippen LogP contribution is -2.17. The van der Waals surface area contributed by atoms with Crippen LogP contribution in [0.15, 0.2) is 84.1 Å². The fraction of sp³-hybridized carbons (Fsp3) is 0.0833. The van der Waals surface area contributed by atoms with Crippen LogP contribution in [0.3, 0.4) is 0 Å². The summed E-state index contributed by atoms with van der Waals surface area (Å²) in [5.74, 6) is -0.802. The van der Waals surface area contributed by atoms with Gasteiger partial charge in [-0.05, 0) is 42.5 Å². The Kier molecular flexibility index (Phi) is 7.69. The number of thioether (sulfide) groups is 1. The lowest BCUT2D eigenvalue weighted by molar-refractivity contribution is -0.384. The van der Waals surface area contributed by atoms with Gasteiger partial charge in [0.15, 0.2) is 5.16 Å². The van der Waals surface area contributed by atoms with Crippen LogP contribution in [-0.4, -0.2) is 32.5 Å². The minimum atomic E-state index is -4.85. The summed E-state index contributed by atoms with van der Waals surface area (Å²) in [6.45, 7) is 0. The predicted octanol–water partition coefficient (Wildman–Crippen LogP) is 6.73. The molecule has 0 radical (unpaired) electrons. The third-order valence-corrected chi connectivity index (χ3v) is 6.04. The Morgan fingerprint density at radius 2 is 1.84 bits per heavy atom. The van der Waals surface area contributed by atoms with Crippen molar-refractivity contribution in [1.82, 2.24) is 9.55 Å². The molecule has 4 rings (SSSR count). The number of rotatable bonds is 8. The first-order valence-corrected chi connectivity index (χ1v) is 11.8. The van der Waals surface area contributed by atoms with Crippen LogP contribution < -0.4 is 10.1 Å². The van der Waals surface area contributed by atoms with Gasteiger partial charge in [0.25, 0.3) is 5.69 Å². The van der Waals surface area contributed by atoms with E-state index in [1.165, 1.54) is 36.5 Å². The first-order chi connectivity index (χ1) is 17.6. The Morgan fingerprint density at radius 3 is 2.51 bits per heavy atom. The first kappa shape index (κ1) is 26.0.